The van der Waals surface area contributed by atoms with Crippen molar-refractivity contribution in [2.45, 2.75) is 52.2 Å². The molecule has 8 amide bonds. The Balaban J connectivity index is 0.000000159. The third-order valence-electron chi connectivity index (χ3n) is 16.1. The van der Waals surface area contributed by atoms with Crippen LogP contribution in [-0.4, -0.2) is 91.7 Å². The van der Waals surface area contributed by atoms with E-state index in [0.717, 1.165) is 83.7 Å². The lowest BCUT2D eigenvalue weighted by Crippen LogP contribution is -2.39. The first kappa shape index (κ1) is 46.6. The topological polar surface area (TPSA) is 306 Å². The van der Waals surface area contributed by atoms with Crippen LogP contribution in [0.3, 0.4) is 0 Å². The maximum atomic E-state index is 13.5. The van der Waals surface area contributed by atoms with E-state index >= 15 is 0 Å². The number of imide groups is 4. The molecule has 24 heteroatoms. The fourth-order valence-corrected chi connectivity index (χ4v) is 12.6. The number of hydrogen-bond donors (Lipinski definition) is 0. The van der Waals surface area contributed by atoms with Crippen molar-refractivity contribution in [3.8, 4) is 0 Å². The van der Waals surface area contributed by atoms with E-state index < -0.39 is 99.9 Å². The maximum Gasteiger partial charge on any atom is 0.263 e. The molecule has 3 aliphatic carbocycles. The van der Waals surface area contributed by atoms with Gasteiger partial charge in [0.1, 0.15) is 20.0 Å². The zero-order chi connectivity index (χ0) is 52.8. The molecule has 6 aromatic rings. The molecule has 24 nitrogen and oxygen atoms in total. The molecular formula is C51H36N8O16. The summed E-state index contributed by atoms with van der Waals surface area (Å²) in [5.74, 6) is -2.36. The van der Waals surface area contributed by atoms with Crippen molar-refractivity contribution in [2.24, 2.45) is 35.5 Å². The second kappa shape index (κ2) is 16.5. The second-order valence-corrected chi connectivity index (χ2v) is 19.9. The van der Waals surface area contributed by atoms with Gasteiger partial charge in [-0.1, -0.05) is 0 Å². The smallest absolute Gasteiger partial charge is 0.263 e. The van der Waals surface area contributed by atoms with Crippen LogP contribution in [0.2, 0.25) is 0 Å². The Morgan fingerprint density at radius 3 is 0.893 bits per heavy atom. The Morgan fingerprint density at radius 2 is 0.573 bits per heavy atom. The summed E-state index contributed by atoms with van der Waals surface area (Å²) in [6.45, 7) is -1.07. The lowest BCUT2D eigenvalue weighted by molar-refractivity contribution is -0.140. The highest BCUT2D eigenvalue weighted by molar-refractivity contribution is 6.14. The fourth-order valence-electron chi connectivity index (χ4n) is 12.6. The number of carbonyl (C=O) groups is 8. The molecule has 0 spiro atoms. The summed E-state index contributed by atoms with van der Waals surface area (Å²) in [6.07, 6.45) is 12.6. The molecule has 3 saturated carbocycles. The molecule has 0 saturated heterocycles. The second-order valence-electron chi connectivity index (χ2n) is 19.9. The molecule has 6 unspecified atom stereocenters. The molecule has 75 heavy (non-hydrogen) atoms. The van der Waals surface area contributed by atoms with Crippen LogP contribution < -0.4 is 44.5 Å². The van der Waals surface area contributed by atoms with Crippen molar-refractivity contribution in [2.75, 3.05) is 6.54 Å². The van der Waals surface area contributed by atoms with Crippen LogP contribution in [-0.2, 0) is 64.9 Å². The van der Waals surface area contributed by atoms with Gasteiger partial charge in [-0.15, -0.1) is 0 Å². The minimum Gasteiger partial charge on any atom is -0.275 e. The molecule has 376 valence electrons. The van der Waals surface area contributed by atoms with Gasteiger partial charge >= 0.3 is 0 Å². The molecule has 4 aromatic heterocycles. The lowest BCUT2D eigenvalue weighted by Gasteiger charge is -2.31. The van der Waals surface area contributed by atoms with Crippen molar-refractivity contribution < 1.29 is 38.4 Å². The van der Waals surface area contributed by atoms with Gasteiger partial charge in [-0.2, -0.15) is 0 Å². The predicted molar refractivity (Wildman–Crippen MR) is 258 cm³/mol. The highest BCUT2D eigenvalue weighted by atomic mass is 16.2. The van der Waals surface area contributed by atoms with Crippen LogP contribution in [0, 0.1) is 35.5 Å². The molecule has 3 fully saturated rings. The first-order valence-electron chi connectivity index (χ1n) is 23.7. The highest BCUT2D eigenvalue weighted by Crippen LogP contribution is 2.62. The number of fused-ring (bicyclic) bond motifs is 9. The Bertz CT molecular complexity index is 3980. The largest absolute Gasteiger partial charge is 0.275 e. The number of nitrogens with zero attached hydrogens (tertiary/aromatic N) is 8. The molecule has 6 atom stereocenters. The third kappa shape index (κ3) is 6.95. The molecule has 4 aliphatic heterocycles. The molecular weight excluding hydrogens is 981 g/mol. The Kier molecular flexibility index (Phi) is 10.3. The summed E-state index contributed by atoms with van der Waals surface area (Å²) in [5.41, 5.74) is -5.84. The van der Waals surface area contributed by atoms with E-state index in [1.54, 1.807) is 0 Å². The summed E-state index contributed by atoms with van der Waals surface area (Å²) in [4.78, 5) is 203. The van der Waals surface area contributed by atoms with E-state index in [1.165, 1.54) is 33.8 Å². The first-order chi connectivity index (χ1) is 35.8. The van der Waals surface area contributed by atoms with Crippen molar-refractivity contribution in [1.82, 2.24) is 37.9 Å². The Labute approximate surface area is 415 Å². The van der Waals surface area contributed by atoms with Crippen LogP contribution in [0.5, 0.6) is 0 Å². The molecule has 2 aromatic carbocycles. The summed E-state index contributed by atoms with van der Waals surface area (Å²) < 4.78 is 3.34. The quantitative estimate of drug-likeness (QED) is 0.130. The number of benzene rings is 2. The van der Waals surface area contributed by atoms with E-state index in [1.807, 2.05) is 0 Å². The van der Waals surface area contributed by atoms with Crippen LogP contribution in [0.15, 0.2) is 111 Å². The van der Waals surface area contributed by atoms with Gasteiger partial charge in [0.2, 0.25) is 0 Å². The van der Waals surface area contributed by atoms with Crippen LogP contribution in [0.4, 0.5) is 0 Å². The summed E-state index contributed by atoms with van der Waals surface area (Å²) >= 11 is 0. The first-order valence-corrected chi connectivity index (χ1v) is 23.7. The average Bonchev–Trinajstić information content (AvgIpc) is 4.37. The van der Waals surface area contributed by atoms with Gasteiger partial charge in [-0.05, 0) is 85.5 Å². The van der Waals surface area contributed by atoms with Crippen molar-refractivity contribution in [1.29, 1.82) is 0 Å². The van der Waals surface area contributed by atoms with E-state index in [2.05, 4.69) is 0 Å². The van der Waals surface area contributed by atoms with Gasteiger partial charge in [0, 0.05) is 61.7 Å². The Morgan fingerprint density at radius 1 is 0.293 bits per heavy atom. The summed E-state index contributed by atoms with van der Waals surface area (Å²) in [6, 6.07) is 4.74. The van der Waals surface area contributed by atoms with Crippen molar-refractivity contribution >= 4 is 90.3 Å². The minimum atomic E-state index is -0.840. The van der Waals surface area contributed by atoms with E-state index in [-0.39, 0.29) is 73.3 Å². The molecule has 2 bridgehead atoms. The van der Waals surface area contributed by atoms with E-state index in [0.29, 0.717) is 49.2 Å². The van der Waals surface area contributed by atoms with Gasteiger partial charge < -0.3 is 0 Å². The van der Waals surface area contributed by atoms with Gasteiger partial charge in [0.05, 0.1) is 43.1 Å². The molecule has 7 aliphatic rings. The van der Waals surface area contributed by atoms with Gasteiger partial charge in [-0.3, -0.25) is 115 Å². The SMILES string of the molecule is O=C1C=CC(=O)N1CC1CC2C3CC(Cn4c(=O)c5cc6c(=O)n(CN7C(=O)C=CC7=O)c(=O)c6cc5c4=O)C(C3)C2C1.O=C1C=CC(=O)N1Cn1c(=O)c2cc3c(=O)n(CN4C(=O)C=CC4=O)c(=O)c3cc2c1=O. The van der Waals surface area contributed by atoms with E-state index in [9.17, 15) is 76.7 Å². The van der Waals surface area contributed by atoms with Crippen LogP contribution >= 0.6 is 0 Å². The van der Waals surface area contributed by atoms with Gasteiger partial charge in [0.15, 0.2) is 0 Å². The number of hydrogen-bond acceptors (Lipinski definition) is 16. The summed E-state index contributed by atoms with van der Waals surface area (Å²) in [7, 11) is 0. The maximum absolute atomic E-state index is 13.5. The van der Waals surface area contributed by atoms with Crippen LogP contribution in [0.1, 0.15) is 25.7 Å². The average molecular weight is 1020 g/mol. The minimum absolute atomic E-state index is 0.0382. The number of amides is 8. The van der Waals surface area contributed by atoms with Gasteiger partial charge in [-0.25, -0.2) is 0 Å². The lowest BCUT2D eigenvalue weighted by atomic mass is 9.75. The molecule has 0 radical (unpaired) electrons. The number of carbonyl (C=O) groups excluding carboxylic acids is 8. The standard InChI is InChI=1S/C31H26N4O8.C20H10N4O8/c36-24-1-2-25(37)32(24)11-14-5-17-15-7-16(18(8-15)19(17)6-14)12-33-28(40)20-9-22-23(10-21(20)29(33)41)31(43)35(30(22)42)13-34-26(38)3-4-27(34)39;25-13-1-2-14(26)21(13)7-23-17(29)9-5-11-12(6-10(9)18(23)30)20(32)24(19(11)31)8-22-15(27)3-4-16(22)28/h1-4,9-10,14-19H,5-8,11-13H2;1-6H,7-8H2. The predicted octanol–water partition coefficient (Wildman–Crippen LogP) is -2.30. The highest BCUT2D eigenvalue weighted by Gasteiger charge is 2.56. The summed E-state index contributed by atoms with van der Waals surface area (Å²) in [5, 5.41) is -0.614. The number of aromatic nitrogens is 4. The zero-order valence-corrected chi connectivity index (χ0v) is 38.9. The molecule has 8 heterocycles. The fraction of sp³-hybridized carbons (Fsp3) is 0.294. The third-order valence-corrected chi connectivity index (χ3v) is 16.1. The monoisotopic (exact) mass is 1020 g/mol. The van der Waals surface area contributed by atoms with Crippen molar-refractivity contribution in [3.05, 3.63) is 156 Å². The molecule has 13 rings (SSSR count). The van der Waals surface area contributed by atoms with Gasteiger partial charge in [0.25, 0.3) is 91.7 Å². The van der Waals surface area contributed by atoms with E-state index in [4.69, 9.17) is 0 Å². The van der Waals surface area contributed by atoms with Crippen molar-refractivity contribution in [3.63, 3.8) is 0 Å². The number of rotatable bonds is 10. The normalized spacial score (nSPS) is 23.8. The van der Waals surface area contributed by atoms with Crippen LogP contribution in [0.25, 0.3) is 43.1 Å². The Hall–Kier alpha value is -9.48. The zero-order valence-electron chi connectivity index (χ0n) is 38.9. The molecule has 0 N–H and O–H groups in total.